The minimum atomic E-state index is 0.546. The van der Waals surface area contributed by atoms with Crippen molar-refractivity contribution in [1.29, 1.82) is 0 Å². The van der Waals surface area contributed by atoms with Crippen molar-refractivity contribution in [3.05, 3.63) is 0 Å². The molecule has 0 aromatic heterocycles. The minimum absolute atomic E-state index is 0.546. The van der Waals surface area contributed by atoms with Gasteiger partial charge in [0.25, 0.3) is 0 Å². The van der Waals surface area contributed by atoms with Crippen LogP contribution in [0.4, 0.5) is 0 Å². The van der Waals surface area contributed by atoms with Gasteiger partial charge in [0.2, 0.25) is 0 Å². The van der Waals surface area contributed by atoms with Crippen molar-refractivity contribution in [2.24, 2.45) is 11.3 Å². The first-order valence-corrected chi connectivity index (χ1v) is 7.99. The van der Waals surface area contributed by atoms with E-state index >= 15 is 0 Å². The van der Waals surface area contributed by atoms with Crippen LogP contribution in [0.2, 0.25) is 0 Å². The van der Waals surface area contributed by atoms with Crippen molar-refractivity contribution < 1.29 is 0 Å². The smallest absolute Gasteiger partial charge is 0.00673 e. The summed E-state index contributed by atoms with van der Waals surface area (Å²) in [7, 11) is 2.25. The Morgan fingerprint density at radius 2 is 1.83 bits per heavy atom. The van der Waals surface area contributed by atoms with Gasteiger partial charge in [-0.3, -0.25) is 0 Å². The van der Waals surface area contributed by atoms with Gasteiger partial charge >= 0.3 is 0 Å². The molecule has 2 unspecified atom stereocenters. The van der Waals surface area contributed by atoms with Gasteiger partial charge in [-0.2, -0.15) is 0 Å². The van der Waals surface area contributed by atoms with E-state index in [-0.39, 0.29) is 0 Å². The summed E-state index contributed by atoms with van der Waals surface area (Å²) >= 11 is 0. The molecular formula is C16H32N2. The summed E-state index contributed by atoms with van der Waals surface area (Å²) in [4.78, 5) is 2.47. The van der Waals surface area contributed by atoms with E-state index in [1.165, 1.54) is 64.6 Å². The SMILES string of the molecule is CC1CCCC(NCC2(C)CCN(C)CC2)CC1. The number of piperidine rings is 1. The first kappa shape index (κ1) is 14.3. The number of nitrogens with zero attached hydrogens (tertiary/aromatic N) is 1. The maximum atomic E-state index is 3.89. The van der Waals surface area contributed by atoms with Crippen LogP contribution in [-0.2, 0) is 0 Å². The van der Waals surface area contributed by atoms with Gasteiger partial charge in [-0.15, -0.1) is 0 Å². The van der Waals surface area contributed by atoms with Gasteiger partial charge in [0.15, 0.2) is 0 Å². The van der Waals surface area contributed by atoms with Crippen LogP contribution in [0.3, 0.4) is 0 Å². The van der Waals surface area contributed by atoms with Crippen LogP contribution in [0, 0.1) is 11.3 Å². The van der Waals surface area contributed by atoms with Crippen LogP contribution < -0.4 is 5.32 Å². The zero-order valence-electron chi connectivity index (χ0n) is 12.7. The standard InChI is InChI=1S/C16H32N2/c1-14-5-4-6-15(8-7-14)17-13-16(2)9-11-18(3)12-10-16/h14-15,17H,4-13H2,1-3H3. The van der Waals surface area contributed by atoms with Crippen molar-refractivity contribution in [3.63, 3.8) is 0 Å². The summed E-state index contributed by atoms with van der Waals surface area (Å²) in [6.45, 7) is 8.69. The molecule has 1 N–H and O–H groups in total. The molecule has 2 heteroatoms. The topological polar surface area (TPSA) is 15.3 Å². The largest absolute Gasteiger partial charge is 0.313 e. The molecule has 2 atom stereocenters. The summed E-state index contributed by atoms with van der Waals surface area (Å²) < 4.78 is 0. The highest BCUT2D eigenvalue weighted by molar-refractivity contribution is 4.85. The van der Waals surface area contributed by atoms with Crippen molar-refractivity contribution in [2.45, 2.75) is 64.8 Å². The average molecular weight is 252 g/mol. The molecule has 0 spiro atoms. The quantitative estimate of drug-likeness (QED) is 0.776. The molecule has 0 bridgehead atoms. The van der Waals surface area contributed by atoms with Gasteiger partial charge < -0.3 is 10.2 Å². The van der Waals surface area contributed by atoms with Gasteiger partial charge in [0.1, 0.15) is 0 Å². The Kier molecular flexibility index (Phi) is 5.08. The summed E-state index contributed by atoms with van der Waals surface area (Å²) in [5.41, 5.74) is 0.546. The minimum Gasteiger partial charge on any atom is -0.313 e. The van der Waals surface area contributed by atoms with E-state index in [0.29, 0.717) is 5.41 Å². The molecule has 18 heavy (non-hydrogen) atoms. The molecule has 0 aromatic rings. The molecule has 106 valence electrons. The summed E-state index contributed by atoms with van der Waals surface area (Å²) in [5, 5.41) is 3.89. The van der Waals surface area contributed by atoms with Crippen molar-refractivity contribution >= 4 is 0 Å². The van der Waals surface area contributed by atoms with Crippen LogP contribution in [0.5, 0.6) is 0 Å². The number of hydrogen-bond acceptors (Lipinski definition) is 2. The monoisotopic (exact) mass is 252 g/mol. The predicted molar refractivity (Wildman–Crippen MR) is 78.9 cm³/mol. The summed E-state index contributed by atoms with van der Waals surface area (Å²) in [6.07, 6.45) is 9.83. The van der Waals surface area contributed by atoms with Crippen LogP contribution in [0.25, 0.3) is 0 Å². The Morgan fingerprint density at radius 3 is 2.56 bits per heavy atom. The lowest BCUT2D eigenvalue weighted by molar-refractivity contribution is 0.132. The lowest BCUT2D eigenvalue weighted by atomic mass is 9.80. The number of likely N-dealkylation sites (tertiary alicyclic amines) is 1. The highest BCUT2D eigenvalue weighted by Crippen LogP contribution is 2.30. The molecule has 1 aliphatic heterocycles. The highest BCUT2D eigenvalue weighted by Gasteiger charge is 2.29. The number of nitrogens with one attached hydrogen (secondary N) is 1. The van der Waals surface area contributed by atoms with Crippen molar-refractivity contribution in [1.82, 2.24) is 10.2 Å². The normalized spacial score (nSPS) is 34.2. The van der Waals surface area contributed by atoms with E-state index in [1.54, 1.807) is 0 Å². The van der Waals surface area contributed by atoms with Gasteiger partial charge in [-0.25, -0.2) is 0 Å². The molecule has 2 aliphatic rings. The molecule has 2 nitrogen and oxygen atoms in total. The molecule has 1 saturated heterocycles. The maximum absolute atomic E-state index is 3.89. The van der Waals surface area contributed by atoms with Crippen molar-refractivity contribution in [3.8, 4) is 0 Å². The van der Waals surface area contributed by atoms with Crippen LogP contribution in [-0.4, -0.2) is 37.6 Å². The summed E-state index contributed by atoms with van der Waals surface area (Å²) in [5.74, 6) is 0.954. The molecule has 1 saturated carbocycles. The lowest BCUT2D eigenvalue weighted by Crippen LogP contribution is -2.44. The van der Waals surface area contributed by atoms with E-state index < -0.39 is 0 Å². The predicted octanol–water partition coefficient (Wildman–Crippen LogP) is 3.28. The molecular weight excluding hydrogens is 220 g/mol. The molecule has 0 radical (unpaired) electrons. The molecule has 0 aromatic carbocycles. The van der Waals surface area contributed by atoms with Gasteiger partial charge in [0, 0.05) is 12.6 Å². The number of rotatable bonds is 3. The second-order valence-corrected chi connectivity index (χ2v) is 7.31. The number of hydrogen-bond donors (Lipinski definition) is 1. The molecule has 2 rings (SSSR count). The third kappa shape index (κ3) is 4.24. The molecule has 2 fully saturated rings. The fourth-order valence-corrected chi connectivity index (χ4v) is 3.42. The molecule has 1 aliphatic carbocycles. The van der Waals surface area contributed by atoms with E-state index in [1.807, 2.05) is 0 Å². The van der Waals surface area contributed by atoms with Gasteiger partial charge in [-0.05, 0) is 63.6 Å². The maximum Gasteiger partial charge on any atom is 0.00673 e. The first-order valence-electron chi connectivity index (χ1n) is 7.99. The zero-order valence-corrected chi connectivity index (χ0v) is 12.7. The van der Waals surface area contributed by atoms with E-state index in [0.717, 1.165) is 12.0 Å². The zero-order chi connectivity index (χ0) is 13.0. The second-order valence-electron chi connectivity index (χ2n) is 7.31. The highest BCUT2D eigenvalue weighted by atomic mass is 15.1. The lowest BCUT2D eigenvalue weighted by Gasteiger charge is -2.39. The van der Waals surface area contributed by atoms with Crippen LogP contribution in [0.1, 0.15) is 58.8 Å². The van der Waals surface area contributed by atoms with E-state index in [9.17, 15) is 0 Å². The van der Waals surface area contributed by atoms with Crippen LogP contribution >= 0.6 is 0 Å². The molecule has 0 amide bonds. The first-order chi connectivity index (χ1) is 8.57. The van der Waals surface area contributed by atoms with E-state index in [2.05, 4.69) is 31.1 Å². The Hall–Kier alpha value is -0.0800. The fraction of sp³-hybridized carbons (Fsp3) is 1.00. The van der Waals surface area contributed by atoms with Crippen molar-refractivity contribution in [2.75, 3.05) is 26.7 Å². The third-order valence-corrected chi connectivity index (χ3v) is 5.27. The van der Waals surface area contributed by atoms with Gasteiger partial charge in [0.05, 0.1) is 0 Å². The Balaban J connectivity index is 1.73. The summed E-state index contributed by atoms with van der Waals surface area (Å²) in [6, 6.07) is 0.798. The Labute approximate surface area is 114 Å². The Morgan fingerprint density at radius 1 is 1.11 bits per heavy atom. The average Bonchev–Trinajstić information content (AvgIpc) is 2.56. The van der Waals surface area contributed by atoms with Crippen LogP contribution in [0.15, 0.2) is 0 Å². The van der Waals surface area contributed by atoms with Gasteiger partial charge in [-0.1, -0.05) is 26.7 Å². The second kappa shape index (κ2) is 6.38. The fourth-order valence-electron chi connectivity index (χ4n) is 3.42. The third-order valence-electron chi connectivity index (χ3n) is 5.27. The van der Waals surface area contributed by atoms with E-state index in [4.69, 9.17) is 0 Å². The molecule has 1 heterocycles. The Bertz CT molecular complexity index is 243.